The highest BCUT2D eigenvalue weighted by Crippen LogP contribution is 2.39. The zero-order valence-corrected chi connectivity index (χ0v) is 17.1. The van der Waals surface area contributed by atoms with Gasteiger partial charge in [0.05, 0.1) is 38.5 Å². The van der Waals surface area contributed by atoms with Gasteiger partial charge in [0.25, 0.3) is 17.2 Å². The summed E-state index contributed by atoms with van der Waals surface area (Å²) in [4.78, 5) is 15.0. The van der Waals surface area contributed by atoms with Gasteiger partial charge in [-0.25, -0.2) is 0 Å². The number of anilines is 2. The number of allylic oxidation sites excluding steroid dienone is 1. The molecule has 3 aliphatic rings. The van der Waals surface area contributed by atoms with Crippen LogP contribution in [-0.2, 0) is 9.53 Å². The Labute approximate surface area is 176 Å². The number of methoxy groups -OCH3 is 1. The Morgan fingerprint density at radius 3 is 2.63 bits per heavy atom. The van der Waals surface area contributed by atoms with Crippen molar-refractivity contribution in [3.8, 4) is 5.75 Å². The molecule has 2 atom stereocenters. The highest BCUT2D eigenvalue weighted by Gasteiger charge is 2.38. The zero-order chi connectivity index (χ0) is 20.5. The van der Waals surface area contributed by atoms with Crippen LogP contribution in [0.2, 0.25) is 0 Å². The van der Waals surface area contributed by atoms with Crippen LogP contribution >= 0.6 is 0 Å². The largest absolute Gasteiger partial charge is 0.490 e. The molecule has 5 rings (SSSR count). The number of carbonyl (C=O) groups excluding carboxylic acids is 1. The standard InChI is InChI=1S/C24H26N3O3/c1-29-24-13-18(27-19-7-8-20(27)16-30-15-19)9-10-21(24)26-12-11-23(28)22(26)14-25-17-5-3-2-4-6-17/h2-6,9-13,19-20,25H,7-8,14-16H2,1H3/q+1. The third-order valence-corrected chi connectivity index (χ3v) is 6.15. The Morgan fingerprint density at radius 1 is 1.13 bits per heavy atom. The first-order valence-electron chi connectivity index (χ1n) is 10.5. The molecule has 2 saturated heterocycles. The van der Waals surface area contributed by atoms with Crippen molar-refractivity contribution in [1.29, 1.82) is 0 Å². The highest BCUT2D eigenvalue weighted by molar-refractivity contribution is 6.44. The molecule has 30 heavy (non-hydrogen) atoms. The van der Waals surface area contributed by atoms with Gasteiger partial charge >= 0.3 is 0 Å². The van der Waals surface area contributed by atoms with Gasteiger partial charge in [-0.1, -0.05) is 18.2 Å². The fraction of sp³-hybridized carbons (Fsp3) is 0.333. The number of para-hydroxylation sites is 1. The molecule has 0 amide bonds. The number of carbonyl (C=O) groups is 1. The number of hydrogen-bond donors (Lipinski definition) is 1. The summed E-state index contributed by atoms with van der Waals surface area (Å²) >= 11 is 0. The molecule has 6 nitrogen and oxygen atoms in total. The maximum Gasteiger partial charge on any atom is 0.254 e. The minimum Gasteiger partial charge on any atom is -0.490 e. The van der Waals surface area contributed by atoms with E-state index < -0.39 is 0 Å². The lowest BCUT2D eigenvalue weighted by atomic mass is 10.1. The Bertz CT molecular complexity index is 1000. The molecule has 2 bridgehead atoms. The first-order valence-corrected chi connectivity index (χ1v) is 10.5. The minimum absolute atomic E-state index is 0.00999. The van der Waals surface area contributed by atoms with E-state index >= 15 is 0 Å². The molecule has 0 radical (unpaired) electrons. The van der Waals surface area contributed by atoms with Crippen LogP contribution in [0.25, 0.3) is 0 Å². The normalized spacial score (nSPS) is 22.7. The summed E-state index contributed by atoms with van der Waals surface area (Å²) in [5.41, 5.74) is 3.68. The van der Waals surface area contributed by atoms with Crippen molar-refractivity contribution in [1.82, 2.24) is 0 Å². The van der Waals surface area contributed by atoms with Gasteiger partial charge in [-0.2, -0.15) is 4.58 Å². The van der Waals surface area contributed by atoms with Crippen molar-refractivity contribution in [3.63, 3.8) is 0 Å². The molecule has 1 N–H and O–H groups in total. The first kappa shape index (κ1) is 18.9. The van der Waals surface area contributed by atoms with Gasteiger partial charge < -0.3 is 19.7 Å². The number of ether oxygens (including phenoxy) is 2. The minimum atomic E-state index is 0.00999. The van der Waals surface area contributed by atoms with E-state index in [1.807, 2.05) is 41.1 Å². The number of ketones is 1. The molecule has 3 aliphatic heterocycles. The third kappa shape index (κ3) is 3.37. The Balaban J connectivity index is 1.45. The van der Waals surface area contributed by atoms with Crippen LogP contribution in [0.15, 0.2) is 60.8 Å². The number of nitrogens with one attached hydrogen (secondary N) is 1. The van der Waals surface area contributed by atoms with Crippen LogP contribution in [0.5, 0.6) is 5.75 Å². The van der Waals surface area contributed by atoms with Gasteiger partial charge in [-0.05, 0) is 31.0 Å². The van der Waals surface area contributed by atoms with Crippen molar-refractivity contribution in [2.75, 3.05) is 37.1 Å². The number of morpholine rings is 1. The second-order valence-corrected chi connectivity index (χ2v) is 7.90. The lowest BCUT2D eigenvalue weighted by molar-refractivity contribution is -0.357. The van der Waals surface area contributed by atoms with Crippen molar-refractivity contribution in [2.24, 2.45) is 0 Å². The smallest absolute Gasteiger partial charge is 0.254 e. The molecule has 6 heteroatoms. The molecular formula is C24H26N3O3+. The van der Waals surface area contributed by atoms with Crippen molar-refractivity contribution in [2.45, 2.75) is 24.9 Å². The Hall–Kier alpha value is -3.12. The number of hydrogen-bond acceptors (Lipinski definition) is 5. The maximum atomic E-state index is 12.5. The molecular weight excluding hydrogens is 378 g/mol. The van der Waals surface area contributed by atoms with Crippen molar-refractivity contribution in [3.05, 3.63) is 60.8 Å². The van der Waals surface area contributed by atoms with E-state index in [9.17, 15) is 4.79 Å². The molecule has 2 aromatic rings. The van der Waals surface area contributed by atoms with Crippen LogP contribution in [-0.4, -0.2) is 55.0 Å². The quantitative estimate of drug-likeness (QED) is 0.749. The number of fused-ring (bicyclic) bond motifs is 2. The van der Waals surface area contributed by atoms with Gasteiger partial charge in [-0.15, -0.1) is 0 Å². The second kappa shape index (κ2) is 7.95. The lowest BCUT2D eigenvalue weighted by Gasteiger charge is -2.36. The summed E-state index contributed by atoms with van der Waals surface area (Å²) in [5.74, 6) is 0.769. The Kier molecular flexibility index (Phi) is 5.01. The zero-order valence-electron chi connectivity index (χ0n) is 17.1. The monoisotopic (exact) mass is 404 g/mol. The molecule has 0 spiro atoms. The number of benzene rings is 2. The number of nitrogens with zero attached hydrogens (tertiary/aromatic N) is 2. The topological polar surface area (TPSA) is 53.8 Å². The van der Waals surface area contributed by atoms with Crippen LogP contribution < -0.4 is 15.0 Å². The summed E-state index contributed by atoms with van der Waals surface area (Å²) in [6.45, 7) is 2.01. The van der Waals surface area contributed by atoms with Crippen molar-refractivity contribution >= 4 is 28.6 Å². The fourth-order valence-electron chi connectivity index (χ4n) is 4.66. The van der Waals surface area contributed by atoms with Crippen LogP contribution in [0.3, 0.4) is 0 Å². The van der Waals surface area contributed by atoms with E-state index in [4.69, 9.17) is 9.47 Å². The predicted molar refractivity (Wildman–Crippen MR) is 117 cm³/mol. The molecule has 0 aromatic heterocycles. The van der Waals surface area contributed by atoms with Gasteiger partial charge in [0, 0.05) is 23.5 Å². The summed E-state index contributed by atoms with van der Waals surface area (Å²) in [6, 6.07) is 17.0. The molecule has 2 unspecified atom stereocenters. The molecule has 0 saturated carbocycles. The fourth-order valence-corrected chi connectivity index (χ4v) is 4.66. The first-order chi connectivity index (χ1) is 14.7. The van der Waals surface area contributed by atoms with E-state index in [1.165, 1.54) is 12.8 Å². The van der Waals surface area contributed by atoms with Gasteiger partial charge in [0.2, 0.25) is 0 Å². The van der Waals surface area contributed by atoms with E-state index in [2.05, 4.69) is 28.4 Å². The molecule has 0 aliphatic carbocycles. The molecule has 154 valence electrons. The predicted octanol–water partition coefficient (Wildman–Crippen LogP) is 3.36. The maximum absolute atomic E-state index is 12.5. The Morgan fingerprint density at radius 2 is 1.90 bits per heavy atom. The van der Waals surface area contributed by atoms with Crippen molar-refractivity contribution < 1.29 is 18.8 Å². The van der Waals surface area contributed by atoms with Crippen LogP contribution in [0, 0.1) is 0 Å². The summed E-state index contributed by atoms with van der Waals surface area (Å²) < 4.78 is 13.4. The average molecular weight is 404 g/mol. The summed E-state index contributed by atoms with van der Waals surface area (Å²) in [6.07, 6.45) is 5.76. The van der Waals surface area contributed by atoms with E-state index in [1.54, 1.807) is 13.2 Å². The van der Waals surface area contributed by atoms with Gasteiger partial charge in [-0.3, -0.25) is 4.79 Å². The lowest BCUT2D eigenvalue weighted by Crippen LogP contribution is -2.45. The second-order valence-electron chi connectivity index (χ2n) is 7.90. The summed E-state index contributed by atoms with van der Waals surface area (Å²) in [7, 11) is 1.68. The van der Waals surface area contributed by atoms with E-state index in [-0.39, 0.29) is 5.78 Å². The van der Waals surface area contributed by atoms with Gasteiger partial charge in [0.1, 0.15) is 6.54 Å². The van der Waals surface area contributed by atoms with E-state index in [0.717, 1.165) is 36.0 Å². The highest BCUT2D eigenvalue weighted by atomic mass is 16.5. The molecule has 2 aromatic carbocycles. The van der Waals surface area contributed by atoms with Crippen LogP contribution in [0.1, 0.15) is 12.8 Å². The summed E-state index contributed by atoms with van der Waals surface area (Å²) in [5, 5.41) is 3.33. The molecule has 2 fully saturated rings. The van der Waals surface area contributed by atoms with Crippen LogP contribution in [0.4, 0.5) is 17.1 Å². The third-order valence-electron chi connectivity index (χ3n) is 6.15. The molecule has 3 heterocycles. The van der Waals surface area contributed by atoms with Gasteiger partial charge in [0.15, 0.2) is 11.9 Å². The van der Waals surface area contributed by atoms with E-state index in [0.29, 0.717) is 24.3 Å². The number of rotatable bonds is 6. The average Bonchev–Trinajstić information content (AvgIpc) is 3.27. The SMILES string of the molecule is COc1cc(N2C3CCC2COC3)ccc1[N+]1=C(CNc2ccccc2)C(=O)C=C1.